The van der Waals surface area contributed by atoms with Crippen molar-refractivity contribution in [1.82, 2.24) is 19.9 Å². The first-order valence-electron chi connectivity index (χ1n) is 18.2. The van der Waals surface area contributed by atoms with Gasteiger partial charge in [0.1, 0.15) is 16.7 Å². The van der Waals surface area contributed by atoms with Crippen LogP contribution in [0.1, 0.15) is 12.8 Å². The smallest absolute Gasteiger partial charge is 0.227 e. The summed E-state index contributed by atoms with van der Waals surface area (Å²) in [5, 5.41) is 5.10. The molecule has 260 valence electrons. The van der Waals surface area contributed by atoms with Gasteiger partial charge < -0.3 is 8.83 Å². The number of oxazole rings is 1. The molecule has 0 N–H and O–H groups in total. The van der Waals surface area contributed by atoms with E-state index in [2.05, 4.69) is 61.2 Å². The quantitative estimate of drug-likeness (QED) is 0.121. The van der Waals surface area contributed by atoms with Gasteiger partial charge in [0.25, 0.3) is 0 Å². The van der Waals surface area contributed by atoms with Crippen LogP contribution in [0.3, 0.4) is 0 Å². The highest BCUT2D eigenvalue weighted by molar-refractivity contribution is 6.20. The standard InChI is InChI=1S/C49H32N4O2/c1-3-5-14-30(4-2)49-53-47-43(55-49)28-27-37-45(47)34-17-9-11-20-38(34)50-46(37)32-25-23-31(24-26-32)39-29-40(52-48(51-39)33-15-7-6-8-16-33)35-19-13-22-42-44(35)36-18-10-12-21-41(36)54-42/h3-29H,2H2,1H3/b5-3-,30-14+. The number of para-hydroxylation sites is 2. The van der Waals surface area contributed by atoms with E-state index in [0.717, 1.165) is 94.0 Å². The van der Waals surface area contributed by atoms with Gasteiger partial charge in [0, 0.05) is 54.8 Å². The van der Waals surface area contributed by atoms with E-state index in [9.17, 15) is 0 Å². The van der Waals surface area contributed by atoms with E-state index in [0.29, 0.717) is 17.3 Å². The molecule has 0 saturated heterocycles. The molecule has 0 aliphatic rings. The Kier molecular flexibility index (Phi) is 7.74. The van der Waals surface area contributed by atoms with Crippen LogP contribution in [0.25, 0.3) is 105 Å². The molecule has 4 heterocycles. The fourth-order valence-corrected chi connectivity index (χ4v) is 7.43. The molecule has 4 aromatic heterocycles. The highest BCUT2D eigenvalue weighted by Gasteiger charge is 2.19. The van der Waals surface area contributed by atoms with Crippen LogP contribution in [0.4, 0.5) is 0 Å². The van der Waals surface area contributed by atoms with Crippen LogP contribution >= 0.6 is 0 Å². The molecule has 0 spiro atoms. The Bertz CT molecular complexity index is 3170. The van der Waals surface area contributed by atoms with Crippen LogP contribution in [0.2, 0.25) is 0 Å². The van der Waals surface area contributed by atoms with Gasteiger partial charge in [-0.15, -0.1) is 0 Å². The number of aromatic nitrogens is 4. The SMILES string of the molecule is C=C/C(=C\C=C/C)c1nc2c(ccc3c(-c4ccc(-c5cc(-c6cccc7oc8ccccc8c67)nc(-c6ccccc6)n5)cc4)nc4ccccc4c32)o1. The number of nitrogens with zero attached hydrogens (tertiary/aromatic N) is 4. The molecule has 10 rings (SSSR count). The van der Waals surface area contributed by atoms with Gasteiger partial charge in [0.15, 0.2) is 11.4 Å². The number of allylic oxidation sites excluding steroid dienone is 5. The fraction of sp³-hybridized carbons (Fsp3) is 0.0204. The lowest BCUT2D eigenvalue weighted by atomic mass is 9.97. The minimum atomic E-state index is 0.527. The van der Waals surface area contributed by atoms with Gasteiger partial charge in [-0.25, -0.2) is 19.9 Å². The highest BCUT2D eigenvalue weighted by atomic mass is 16.3. The second-order valence-corrected chi connectivity index (χ2v) is 13.4. The second-order valence-electron chi connectivity index (χ2n) is 13.4. The molecule has 10 aromatic rings. The lowest BCUT2D eigenvalue weighted by Crippen LogP contribution is -1.96. The molecule has 55 heavy (non-hydrogen) atoms. The third kappa shape index (κ3) is 5.51. The maximum atomic E-state index is 6.29. The van der Waals surface area contributed by atoms with E-state index in [1.54, 1.807) is 6.08 Å². The summed E-state index contributed by atoms with van der Waals surface area (Å²) in [5.74, 6) is 1.18. The number of hydrogen-bond acceptors (Lipinski definition) is 6. The predicted octanol–water partition coefficient (Wildman–Crippen LogP) is 13.0. The fourth-order valence-electron chi connectivity index (χ4n) is 7.43. The van der Waals surface area contributed by atoms with Crippen molar-refractivity contribution in [1.29, 1.82) is 0 Å². The first-order chi connectivity index (χ1) is 27.2. The Labute approximate surface area is 316 Å². The number of furan rings is 1. The van der Waals surface area contributed by atoms with E-state index in [1.165, 1.54) is 0 Å². The summed E-state index contributed by atoms with van der Waals surface area (Å²) in [7, 11) is 0. The zero-order valence-corrected chi connectivity index (χ0v) is 29.9. The van der Waals surface area contributed by atoms with Crippen LogP contribution in [-0.4, -0.2) is 19.9 Å². The number of rotatable bonds is 7. The van der Waals surface area contributed by atoms with Crippen LogP contribution in [0, 0.1) is 0 Å². The number of hydrogen-bond donors (Lipinski definition) is 0. The molecule has 6 nitrogen and oxygen atoms in total. The Morgan fingerprint density at radius 3 is 2.15 bits per heavy atom. The first-order valence-corrected chi connectivity index (χ1v) is 18.2. The van der Waals surface area contributed by atoms with E-state index >= 15 is 0 Å². The molecular formula is C49H32N4O2. The van der Waals surface area contributed by atoms with Crippen molar-refractivity contribution in [3.63, 3.8) is 0 Å². The summed E-state index contributed by atoms with van der Waals surface area (Å²) in [6, 6.07) is 47.2. The number of pyridine rings is 1. The molecular weight excluding hydrogens is 677 g/mol. The lowest BCUT2D eigenvalue weighted by molar-refractivity contribution is 0.586. The first kappa shape index (κ1) is 32.2. The van der Waals surface area contributed by atoms with E-state index in [-0.39, 0.29) is 0 Å². The summed E-state index contributed by atoms with van der Waals surface area (Å²) >= 11 is 0. The van der Waals surface area contributed by atoms with Crippen LogP contribution < -0.4 is 0 Å². The zero-order chi connectivity index (χ0) is 36.9. The molecule has 6 heteroatoms. The van der Waals surface area contributed by atoms with E-state index in [1.807, 2.05) is 110 Å². The third-order valence-corrected chi connectivity index (χ3v) is 10.0. The molecule has 0 fully saturated rings. The Morgan fingerprint density at radius 2 is 1.31 bits per heavy atom. The predicted molar refractivity (Wildman–Crippen MR) is 224 cm³/mol. The topological polar surface area (TPSA) is 77.8 Å². The highest BCUT2D eigenvalue weighted by Crippen LogP contribution is 2.40. The van der Waals surface area contributed by atoms with Crippen molar-refractivity contribution >= 4 is 60.3 Å². The van der Waals surface area contributed by atoms with E-state index < -0.39 is 0 Å². The average Bonchev–Trinajstić information content (AvgIpc) is 3.86. The Balaban J connectivity index is 1.13. The lowest BCUT2D eigenvalue weighted by Gasteiger charge is -2.12. The molecule has 0 saturated carbocycles. The maximum Gasteiger partial charge on any atom is 0.227 e. The van der Waals surface area contributed by atoms with Gasteiger partial charge in [0.2, 0.25) is 5.89 Å². The number of fused-ring (bicyclic) bond motifs is 8. The third-order valence-electron chi connectivity index (χ3n) is 10.0. The maximum absolute atomic E-state index is 6.29. The van der Waals surface area contributed by atoms with Crippen molar-refractivity contribution in [3.8, 4) is 45.2 Å². The minimum absolute atomic E-state index is 0.527. The molecule has 0 bridgehead atoms. The minimum Gasteiger partial charge on any atom is -0.456 e. The molecule has 0 unspecified atom stereocenters. The van der Waals surface area contributed by atoms with Crippen LogP contribution in [0.5, 0.6) is 0 Å². The summed E-state index contributed by atoms with van der Waals surface area (Å²) in [5.41, 5.74) is 11.3. The molecule has 0 aliphatic carbocycles. The summed E-state index contributed by atoms with van der Waals surface area (Å²) in [6.07, 6.45) is 7.64. The van der Waals surface area contributed by atoms with Gasteiger partial charge in [-0.1, -0.05) is 128 Å². The summed E-state index contributed by atoms with van der Waals surface area (Å²) in [4.78, 5) is 20.5. The molecule has 0 radical (unpaired) electrons. The van der Waals surface area contributed by atoms with E-state index in [4.69, 9.17) is 28.8 Å². The molecule has 6 aromatic carbocycles. The van der Waals surface area contributed by atoms with Gasteiger partial charge >= 0.3 is 0 Å². The van der Waals surface area contributed by atoms with Crippen LogP contribution in [-0.2, 0) is 0 Å². The molecule has 0 aliphatic heterocycles. The van der Waals surface area contributed by atoms with Gasteiger partial charge in [-0.05, 0) is 49.4 Å². The van der Waals surface area contributed by atoms with Crippen molar-refractivity contribution in [2.75, 3.05) is 0 Å². The Hall–Kier alpha value is -7.44. The Morgan fingerprint density at radius 1 is 0.564 bits per heavy atom. The molecule has 0 amide bonds. The van der Waals surface area contributed by atoms with Crippen molar-refractivity contribution in [3.05, 3.63) is 176 Å². The monoisotopic (exact) mass is 708 g/mol. The summed E-state index contributed by atoms with van der Waals surface area (Å²) in [6.45, 7) is 5.97. The number of benzene rings is 6. The van der Waals surface area contributed by atoms with Gasteiger partial charge in [-0.2, -0.15) is 0 Å². The van der Waals surface area contributed by atoms with Crippen molar-refractivity contribution in [2.24, 2.45) is 0 Å². The van der Waals surface area contributed by atoms with Gasteiger partial charge in [-0.3, -0.25) is 0 Å². The molecule has 0 atom stereocenters. The zero-order valence-electron chi connectivity index (χ0n) is 29.9. The van der Waals surface area contributed by atoms with Gasteiger partial charge in [0.05, 0.1) is 22.6 Å². The normalized spacial score (nSPS) is 12.2. The van der Waals surface area contributed by atoms with Crippen LogP contribution in [0.15, 0.2) is 179 Å². The largest absolute Gasteiger partial charge is 0.456 e. The average molecular weight is 709 g/mol. The van der Waals surface area contributed by atoms with Crippen molar-refractivity contribution in [2.45, 2.75) is 6.92 Å². The summed E-state index contributed by atoms with van der Waals surface area (Å²) < 4.78 is 12.5. The van der Waals surface area contributed by atoms with Crippen molar-refractivity contribution < 1.29 is 8.83 Å². The second kappa shape index (κ2) is 13.2.